The van der Waals surface area contributed by atoms with Crippen LogP contribution in [0.25, 0.3) is 0 Å². The summed E-state index contributed by atoms with van der Waals surface area (Å²) in [5.41, 5.74) is 0. The smallest absolute Gasteiger partial charge is 0.0589 e. The molecule has 0 radical (unpaired) electrons. The van der Waals surface area contributed by atoms with E-state index in [2.05, 4.69) is 24.1 Å². The molecule has 0 unspecified atom stereocenters. The first kappa shape index (κ1) is 15.9. The third-order valence-electron chi connectivity index (χ3n) is 4.05. The molecule has 0 aliphatic heterocycles. The Kier molecular flexibility index (Phi) is 8.64. The molecule has 0 aromatic rings. The molecule has 1 saturated carbocycles. The molecule has 0 bridgehead atoms. The van der Waals surface area contributed by atoms with Crippen LogP contribution in [0.4, 0.5) is 0 Å². The second-order valence-corrected chi connectivity index (χ2v) is 5.83. The maximum Gasteiger partial charge on any atom is 0.0589 e. The van der Waals surface area contributed by atoms with E-state index < -0.39 is 0 Å². The van der Waals surface area contributed by atoms with E-state index in [1.165, 1.54) is 38.6 Å². The van der Waals surface area contributed by atoms with Crippen molar-refractivity contribution in [2.75, 3.05) is 39.9 Å². The van der Waals surface area contributed by atoms with Crippen LogP contribution in [-0.4, -0.2) is 50.8 Å². The Balaban J connectivity index is 2.06. The first-order valence-corrected chi connectivity index (χ1v) is 7.67. The minimum Gasteiger partial charge on any atom is -0.383 e. The Labute approximate surface area is 113 Å². The number of hydrogen-bond donors (Lipinski definition) is 1. The van der Waals surface area contributed by atoms with Gasteiger partial charge in [-0.05, 0) is 39.2 Å². The fourth-order valence-electron chi connectivity index (χ4n) is 2.76. The van der Waals surface area contributed by atoms with E-state index in [0.29, 0.717) is 6.04 Å². The Morgan fingerprint density at radius 1 is 1.17 bits per heavy atom. The normalized spacial score (nSPS) is 17.8. The van der Waals surface area contributed by atoms with Crippen molar-refractivity contribution >= 4 is 0 Å². The number of ether oxygens (including phenoxy) is 1. The van der Waals surface area contributed by atoms with Crippen molar-refractivity contribution in [3.63, 3.8) is 0 Å². The molecule has 3 heteroatoms. The second kappa shape index (κ2) is 9.76. The molecule has 1 aliphatic rings. The Morgan fingerprint density at radius 3 is 2.50 bits per heavy atom. The molecular weight excluding hydrogens is 224 g/mol. The summed E-state index contributed by atoms with van der Waals surface area (Å²) in [7, 11) is 1.78. The molecule has 0 aromatic carbocycles. The Hall–Kier alpha value is -0.120. The third kappa shape index (κ3) is 6.72. The van der Waals surface area contributed by atoms with E-state index in [1.54, 1.807) is 7.11 Å². The van der Waals surface area contributed by atoms with Crippen LogP contribution in [0.1, 0.15) is 46.0 Å². The fourth-order valence-corrected chi connectivity index (χ4v) is 2.76. The maximum absolute atomic E-state index is 5.16. The van der Waals surface area contributed by atoms with Gasteiger partial charge in [-0.3, -0.25) is 4.90 Å². The number of nitrogens with one attached hydrogen (secondary N) is 1. The summed E-state index contributed by atoms with van der Waals surface area (Å²) in [6.07, 6.45) is 7.21. The van der Waals surface area contributed by atoms with Crippen molar-refractivity contribution in [2.24, 2.45) is 5.92 Å². The predicted molar refractivity (Wildman–Crippen MR) is 78.0 cm³/mol. The van der Waals surface area contributed by atoms with Gasteiger partial charge in [-0.15, -0.1) is 0 Å². The molecule has 0 spiro atoms. The number of rotatable bonds is 9. The van der Waals surface area contributed by atoms with Gasteiger partial charge < -0.3 is 10.1 Å². The van der Waals surface area contributed by atoms with Crippen molar-refractivity contribution in [3.05, 3.63) is 0 Å². The lowest BCUT2D eigenvalue weighted by Crippen LogP contribution is -2.40. The quantitative estimate of drug-likeness (QED) is 0.642. The van der Waals surface area contributed by atoms with Crippen LogP contribution in [-0.2, 0) is 4.74 Å². The zero-order valence-electron chi connectivity index (χ0n) is 12.6. The molecule has 1 aliphatic carbocycles. The highest BCUT2D eigenvalue weighted by Gasteiger charge is 2.13. The fraction of sp³-hybridized carbons (Fsp3) is 1.00. The van der Waals surface area contributed by atoms with E-state index in [4.69, 9.17) is 4.74 Å². The lowest BCUT2D eigenvalue weighted by atomic mass is 9.89. The van der Waals surface area contributed by atoms with Gasteiger partial charge in [0.15, 0.2) is 0 Å². The molecule has 0 amide bonds. The van der Waals surface area contributed by atoms with Crippen molar-refractivity contribution in [1.29, 1.82) is 0 Å². The molecular formula is C15H32N2O. The predicted octanol–water partition coefficient (Wildman–Crippen LogP) is 2.51. The SMILES string of the molecule is COCCN(CCNCC1CCCCC1)C(C)C. The highest BCUT2D eigenvalue weighted by Crippen LogP contribution is 2.22. The molecule has 3 nitrogen and oxygen atoms in total. The van der Waals surface area contributed by atoms with Gasteiger partial charge in [0.05, 0.1) is 6.61 Å². The third-order valence-corrected chi connectivity index (χ3v) is 4.05. The molecule has 108 valence electrons. The second-order valence-electron chi connectivity index (χ2n) is 5.83. The van der Waals surface area contributed by atoms with Gasteiger partial charge in [-0.25, -0.2) is 0 Å². The van der Waals surface area contributed by atoms with Crippen LogP contribution < -0.4 is 5.32 Å². The van der Waals surface area contributed by atoms with Gasteiger partial charge >= 0.3 is 0 Å². The molecule has 0 atom stereocenters. The molecule has 1 N–H and O–H groups in total. The molecule has 1 rings (SSSR count). The van der Waals surface area contributed by atoms with Crippen LogP contribution in [0.2, 0.25) is 0 Å². The monoisotopic (exact) mass is 256 g/mol. The number of nitrogens with zero attached hydrogens (tertiary/aromatic N) is 1. The van der Waals surface area contributed by atoms with Crippen LogP contribution >= 0.6 is 0 Å². The molecule has 0 heterocycles. The first-order valence-electron chi connectivity index (χ1n) is 7.67. The maximum atomic E-state index is 5.16. The van der Waals surface area contributed by atoms with Crippen LogP contribution in [0.5, 0.6) is 0 Å². The summed E-state index contributed by atoms with van der Waals surface area (Å²) in [6.45, 7) is 9.86. The van der Waals surface area contributed by atoms with E-state index in [1.807, 2.05) is 0 Å². The van der Waals surface area contributed by atoms with Gasteiger partial charge in [0.2, 0.25) is 0 Å². The molecule has 18 heavy (non-hydrogen) atoms. The van der Waals surface area contributed by atoms with Crippen molar-refractivity contribution in [3.8, 4) is 0 Å². The number of methoxy groups -OCH3 is 1. The van der Waals surface area contributed by atoms with Crippen LogP contribution in [0.3, 0.4) is 0 Å². The summed E-state index contributed by atoms with van der Waals surface area (Å²) in [4.78, 5) is 2.48. The van der Waals surface area contributed by atoms with E-state index >= 15 is 0 Å². The lowest BCUT2D eigenvalue weighted by molar-refractivity contribution is 0.129. The van der Waals surface area contributed by atoms with E-state index in [-0.39, 0.29) is 0 Å². The Bertz CT molecular complexity index is 191. The van der Waals surface area contributed by atoms with Crippen LogP contribution in [0.15, 0.2) is 0 Å². The first-order chi connectivity index (χ1) is 8.74. The largest absolute Gasteiger partial charge is 0.383 e. The highest BCUT2D eigenvalue weighted by atomic mass is 16.5. The van der Waals surface area contributed by atoms with Crippen molar-refractivity contribution < 1.29 is 4.74 Å². The lowest BCUT2D eigenvalue weighted by Gasteiger charge is -2.27. The van der Waals surface area contributed by atoms with Gasteiger partial charge in [0, 0.05) is 32.8 Å². The molecule has 0 saturated heterocycles. The minimum absolute atomic E-state index is 0.608. The standard InChI is InChI=1S/C15H32N2O/c1-14(2)17(11-12-18-3)10-9-16-13-15-7-5-4-6-8-15/h14-16H,4-13H2,1-3H3. The summed E-state index contributed by atoms with van der Waals surface area (Å²) in [5, 5.41) is 3.63. The van der Waals surface area contributed by atoms with Gasteiger partial charge in [-0.2, -0.15) is 0 Å². The summed E-state index contributed by atoms with van der Waals surface area (Å²) < 4.78 is 5.16. The van der Waals surface area contributed by atoms with Crippen LogP contribution in [0, 0.1) is 5.92 Å². The average molecular weight is 256 g/mol. The minimum atomic E-state index is 0.608. The van der Waals surface area contributed by atoms with Gasteiger partial charge in [0.1, 0.15) is 0 Å². The average Bonchev–Trinajstić information content (AvgIpc) is 2.38. The van der Waals surface area contributed by atoms with Gasteiger partial charge in [0.25, 0.3) is 0 Å². The molecule has 0 aromatic heterocycles. The van der Waals surface area contributed by atoms with E-state index in [9.17, 15) is 0 Å². The van der Waals surface area contributed by atoms with E-state index in [0.717, 1.165) is 32.2 Å². The van der Waals surface area contributed by atoms with Crippen molar-refractivity contribution in [2.45, 2.75) is 52.0 Å². The highest BCUT2D eigenvalue weighted by molar-refractivity contribution is 4.69. The van der Waals surface area contributed by atoms with Crippen molar-refractivity contribution in [1.82, 2.24) is 10.2 Å². The Morgan fingerprint density at radius 2 is 1.89 bits per heavy atom. The topological polar surface area (TPSA) is 24.5 Å². The summed E-state index contributed by atoms with van der Waals surface area (Å²) >= 11 is 0. The molecule has 1 fully saturated rings. The number of hydrogen-bond acceptors (Lipinski definition) is 3. The zero-order valence-corrected chi connectivity index (χ0v) is 12.6. The van der Waals surface area contributed by atoms with Gasteiger partial charge in [-0.1, -0.05) is 19.3 Å². The summed E-state index contributed by atoms with van der Waals surface area (Å²) in [5.74, 6) is 0.935. The summed E-state index contributed by atoms with van der Waals surface area (Å²) in [6, 6.07) is 0.608. The zero-order chi connectivity index (χ0) is 13.2.